The van der Waals surface area contributed by atoms with Crippen molar-refractivity contribution in [1.82, 2.24) is 0 Å². The monoisotopic (exact) mass is 362 g/mol. The molecular weight excluding hydrogens is 347 g/mol. The Morgan fingerprint density at radius 3 is 2.60 bits per heavy atom. The average molecular weight is 363 g/mol. The van der Waals surface area contributed by atoms with Crippen LogP contribution in [0.15, 0.2) is 21.5 Å². The number of hydrogen-bond acceptors (Lipinski definition) is 3. The molecule has 0 amide bonds. The van der Waals surface area contributed by atoms with E-state index in [9.17, 15) is 14.0 Å². The third-order valence-electron chi connectivity index (χ3n) is 2.64. The van der Waals surface area contributed by atoms with Gasteiger partial charge in [-0.05, 0) is 40.4 Å². The number of carboxylic acid groups (broad SMARTS) is 1. The number of halogens is 2. The van der Waals surface area contributed by atoms with E-state index in [2.05, 4.69) is 29.8 Å². The van der Waals surface area contributed by atoms with Gasteiger partial charge in [-0.3, -0.25) is 4.79 Å². The number of aromatic carboxylic acids is 1. The Kier molecular flexibility index (Phi) is 6.68. The summed E-state index contributed by atoms with van der Waals surface area (Å²) >= 11 is 4.09. The van der Waals surface area contributed by atoms with E-state index in [4.69, 9.17) is 5.11 Å². The van der Waals surface area contributed by atoms with Gasteiger partial charge in [0.25, 0.3) is 0 Å². The number of rotatable bonds is 6. The minimum Gasteiger partial charge on any atom is -0.478 e. The van der Waals surface area contributed by atoms with Crippen LogP contribution in [-0.2, 0) is 4.79 Å². The minimum atomic E-state index is -1.34. The molecule has 0 saturated carbocycles. The van der Waals surface area contributed by atoms with Gasteiger partial charge in [0.1, 0.15) is 5.82 Å². The van der Waals surface area contributed by atoms with Crippen molar-refractivity contribution in [3.8, 4) is 0 Å². The molecule has 20 heavy (non-hydrogen) atoms. The zero-order valence-electron chi connectivity index (χ0n) is 11.3. The van der Waals surface area contributed by atoms with Gasteiger partial charge in [0.2, 0.25) is 0 Å². The van der Waals surface area contributed by atoms with Crippen molar-refractivity contribution in [2.75, 3.05) is 0 Å². The van der Waals surface area contributed by atoms with Gasteiger partial charge in [0.05, 0.1) is 5.56 Å². The fourth-order valence-corrected chi connectivity index (χ4v) is 2.98. The smallest absolute Gasteiger partial charge is 0.338 e. The highest BCUT2D eigenvalue weighted by molar-refractivity contribution is 9.10. The third-order valence-corrected chi connectivity index (χ3v) is 4.55. The van der Waals surface area contributed by atoms with E-state index < -0.39 is 17.3 Å². The molecule has 0 spiro atoms. The Balaban J connectivity index is 2.74. The highest BCUT2D eigenvalue weighted by Gasteiger charge is 2.16. The molecule has 0 fully saturated rings. The lowest BCUT2D eigenvalue weighted by molar-refractivity contribution is -0.111. The maximum Gasteiger partial charge on any atom is 0.338 e. The minimum absolute atomic E-state index is 0.0469. The van der Waals surface area contributed by atoms with Crippen LogP contribution in [0.2, 0.25) is 0 Å². The summed E-state index contributed by atoms with van der Waals surface area (Å²) < 4.78 is 13.8. The summed E-state index contributed by atoms with van der Waals surface area (Å²) in [4.78, 5) is 23.1. The van der Waals surface area contributed by atoms with Crippen LogP contribution in [0.25, 0.3) is 0 Å². The molecule has 1 aromatic rings. The molecule has 0 unspecified atom stereocenters. The van der Waals surface area contributed by atoms with Crippen LogP contribution in [0.5, 0.6) is 0 Å². The van der Waals surface area contributed by atoms with Crippen LogP contribution in [0.3, 0.4) is 0 Å². The molecule has 1 rings (SSSR count). The van der Waals surface area contributed by atoms with E-state index in [-0.39, 0.29) is 5.12 Å². The zero-order valence-corrected chi connectivity index (χ0v) is 13.7. The summed E-state index contributed by atoms with van der Waals surface area (Å²) in [5.41, 5.74) is -0.425. The number of thioether (sulfide) groups is 1. The first kappa shape index (κ1) is 17.2. The summed E-state index contributed by atoms with van der Waals surface area (Å²) in [6, 6.07) is 2.26. The van der Waals surface area contributed by atoms with E-state index in [0.717, 1.165) is 30.7 Å². The number of hydrogen-bond donors (Lipinski definition) is 1. The fraction of sp³-hybridized carbons (Fsp3) is 0.429. The summed E-state index contributed by atoms with van der Waals surface area (Å²) in [5, 5.41) is 8.82. The van der Waals surface area contributed by atoms with Gasteiger partial charge in [-0.15, -0.1) is 0 Å². The SMILES string of the molecule is CC(C)CCCC(=O)Sc1cc(C(=O)O)c(F)cc1Br. The molecule has 3 nitrogen and oxygen atoms in total. The van der Waals surface area contributed by atoms with E-state index in [1.807, 2.05) is 0 Å². The van der Waals surface area contributed by atoms with Crippen molar-refractivity contribution in [3.63, 3.8) is 0 Å². The summed E-state index contributed by atoms with van der Waals surface area (Å²) in [5.74, 6) is -1.62. The molecular formula is C14H16BrFO3S. The van der Waals surface area contributed by atoms with Crippen LogP contribution in [0, 0.1) is 11.7 Å². The van der Waals surface area contributed by atoms with Crippen molar-refractivity contribution < 1.29 is 19.1 Å². The van der Waals surface area contributed by atoms with E-state index in [1.54, 1.807) is 0 Å². The number of carbonyl (C=O) groups excluding carboxylic acids is 1. The van der Waals surface area contributed by atoms with Crippen LogP contribution in [0.4, 0.5) is 4.39 Å². The fourth-order valence-electron chi connectivity index (χ4n) is 1.60. The summed E-state index contributed by atoms with van der Waals surface area (Å²) in [6.45, 7) is 4.18. The van der Waals surface area contributed by atoms with Crippen molar-refractivity contribution in [1.29, 1.82) is 0 Å². The van der Waals surface area contributed by atoms with Gasteiger partial charge in [-0.1, -0.05) is 32.0 Å². The van der Waals surface area contributed by atoms with Gasteiger partial charge < -0.3 is 5.11 Å². The van der Waals surface area contributed by atoms with Crippen molar-refractivity contribution in [2.24, 2.45) is 5.92 Å². The second-order valence-electron chi connectivity index (χ2n) is 4.83. The van der Waals surface area contributed by atoms with Crippen molar-refractivity contribution >= 4 is 38.8 Å². The number of carbonyl (C=O) groups is 2. The molecule has 0 aromatic heterocycles. The van der Waals surface area contributed by atoms with Crippen LogP contribution < -0.4 is 0 Å². The molecule has 1 N–H and O–H groups in total. The zero-order chi connectivity index (χ0) is 15.3. The van der Waals surface area contributed by atoms with E-state index in [0.29, 0.717) is 21.7 Å². The Hall–Kier alpha value is -0.880. The maximum atomic E-state index is 13.4. The molecule has 6 heteroatoms. The second-order valence-corrected chi connectivity index (χ2v) is 6.78. The summed E-state index contributed by atoms with van der Waals surface area (Å²) in [6.07, 6.45) is 2.19. The van der Waals surface area contributed by atoms with Crippen LogP contribution >= 0.6 is 27.7 Å². The quantitative estimate of drug-likeness (QED) is 0.743. The van der Waals surface area contributed by atoms with E-state index >= 15 is 0 Å². The summed E-state index contributed by atoms with van der Waals surface area (Å²) in [7, 11) is 0. The molecule has 110 valence electrons. The highest BCUT2D eigenvalue weighted by Crippen LogP contribution is 2.31. The van der Waals surface area contributed by atoms with Gasteiger partial charge in [-0.2, -0.15) is 0 Å². The Morgan fingerprint density at radius 2 is 2.05 bits per heavy atom. The normalized spacial score (nSPS) is 10.8. The molecule has 0 aliphatic heterocycles. The maximum absolute atomic E-state index is 13.4. The largest absolute Gasteiger partial charge is 0.478 e. The standard InChI is InChI=1S/C14H16BrFO3S/c1-8(2)4-3-5-13(17)20-12-6-9(14(18)19)11(16)7-10(12)15/h6-8H,3-5H2,1-2H3,(H,18,19). The first-order chi connectivity index (χ1) is 9.31. The predicted octanol–water partition coefficient (Wildman–Crippen LogP) is 4.73. The number of benzene rings is 1. The Labute approximate surface area is 130 Å². The highest BCUT2D eigenvalue weighted by atomic mass is 79.9. The first-order valence-corrected chi connectivity index (χ1v) is 7.85. The topological polar surface area (TPSA) is 54.4 Å². The lowest BCUT2D eigenvalue weighted by Crippen LogP contribution is -2.02. The molecule has 0 heterocycles. The lowest BCUT2D eigenvalue weighted by Gasteiger charge is -2.07. The average Bonchev–Trinajstić information content (AvgIpc) is 2.31. The number of carboxylic acids is 1. The van der Waals surface area contributed by atoms with Crippen LogP contribution in [0.1, 0.15) is 43.5 Å². The molecule has 0 saturated heterocycles. The predicted molar refractivity (Wildman–Crippen MR) is 80.6 cm³/mol. The third kappa shape index (κ3) is 5.25. The molecule has 1 aromatic carbocycles. The first-order valence-electron chi connectivity index (χ1n) is 6.24. The lowest BCUT2D eigenvalue weighted by atomic mass is 10.1. The Morgan fingerprint density at radius 1 is 1.40 bits per heavy atom. The molecule has 0 aliphatic carbocycles. The Bertz CT molecular complexity index is 517. The van der Waals surface area contributed by atoms with Gasteiger partial charge in [-0.25, -0.2) is 9.18 Å². The van der Waals surface area contributed by atoms with Gasteiger partial charge >= 0.3 is 5.97 Å². The van der Waals surface area contributed by atoms with Crippen molar-refractivity contribution in [3.05, 3.63) is 28.0 Å². The molecule has 0 bridgehead atoms. The van der Waals surface area contributed by atoms with Gasteiger partial charge in [0, 0.05) is 15.8 Å². The van der Waals surface area contributed by atoms with Gasteiger partial charge in [0.15, 0.2) is 5.12 Å². The molecule has 0 radical (unpaired) electrons. The van der Waals surface area contributed by atoms with E-state index in [1.165, 1.54) is 6.07 Å². The molecule has 0 aliphatic rings. The van der Waals surface area contributed by atoms with Crippen molar-refractivity contribution in [2.45, 2.75) is 38.0 Å². The molecule has 0 atom stereocenters. The van der Waals surface area contributed by atoms with Crippen LogP contribution in [-0.4, -0.2) is 16.2 Å². The second kappa shape index (κ2) is 7.78.